The van der Waals surface area contributed by atoms with Crippen molar-refractivity contribution in [3.63, 3.8) is 0 Å². The fraction of sp³-hybridized carbons (Fsp3) is 0.476. The number of likely N-dealkylation sites (tertiary alicyclic amines) is 1. The second kappa shape index (κ2) is 9.01. The average molecular weight is 385 g/mol. The maximum Gasteiger partial charge on any atom is 0.226 e. The molecule has 3 rings (SSSR count). The van der Waals surface area contributed by atoms with Crippen LogP contribution in [0.25, 0.3) is 0 Å². The molecular formula is C21H27N3O4. The number of ether oxygens (including phenoxy) is 1. The number of nitrogens with one attached hydrogen (secondary N) is 1. The number of aryl methyl sites for hydroxylation is 2. The molecule has 1 aromatic carbocycles. The minimum Gasteiger partial charge on any atom is -0.383 e. The van der Waals surface area contributed by atoms with Gasteiger partial charge in [-0.05, 0) is 24.5 Å². The Kier molecular flexibility index (Phi) is 6.46. The molecule has 1 aliphatic heterocycles. The Balaban J connectivity index is 1.79. The zero-order valence-corrected chi connectivity index (χ0v) is 16.6. The highest BCUT2D eigenvalue weighted by molar-refractivity contribution is 5.90. The summed E-state index contributed by atoms with van der Waals surface area (Å²) < 4.78 is 10.4. The number of aromatic nitrogens is 1. The highest BCUT2D eigenvalue weighted by atomic mass is 16.5. The fourth-order valence-corrected chi connectivity index (χ4v) is 3.69. The maximum atomic E-state index is 13.0. The Hall–Kier alpha value is -2.67. The first-order valence-corrected chi connectivity index (χ1v) is 9.61. The number of amides is 2. The predicted octanol–water partition coefficient (Wildman–Crippen LogP) is 2.40. The lowest BCUT2D eigenvalue weighted by atomic mass is 9.90. The van der Waals surface area contributed by atoms with E-state index in [2.05, 4.69) is 10.5 Å². The quantitative estimate of drug-likeness (QED) is 0.754. The van der Waals surface area contributed by atoms with Gasteiger partial charge in [0.2, 0.25) is 11.8 Å². The number of benzene rings is 1. The largest absolute Gasteiger partial charge is 0.383 e. The molecule has 7 heteroatoms. The highest BCUT2D eigenvalue weighted by Gasteiger charge is 2.44. The van der Waals surface area contributed by atoms with E-state index < -0.39 is 5.92 Å². The Morgan fingerprint density at radius 3 is 2.86 bits per heavy atom. The summed E-state index contributed by atoms with van der Waals surface area (Å²) >= 11 is 0. The Labute approximate surface area is 165 Å². The van der Waals surface area contributed by atoms with E-state index in [1.807, 2.05) is 44.2 Å². The second-order valence-electron chi connectivity index (χ2n) is 7.05. The molecule has 7 nitrogen and oxygen atoms in total. The van der Waals surface area contributed by atoms with Crippen molar-refractivity contribution in [3.05, 3.63) is 52.9 Å². The van der Waals surface area contributed by atoms with E-state index in [9.17, 15) is 9.59 Å². The number of rotatable bonds is 8. The van der Waals surface area contributed by atoms with Gasteiger partial charge in [0, 0.05) is 26.1 Å². The molecule has 0 aliphatic carbocycles. The number of methoxy groups -OCH3 is 1. The van der Waals surface area contributed by atoms with Gasteiger partial charge in [-0.25, -0.2) is 0 Å². The molecule has 0 radical (unpaired) electrons. The van der Waals surface area contributed by atoms with Crippen LogP contribution in [0.1, 0.15) is 42.0 Å². The summed E-state index contributed by atoms with van der Waals surface area (Å²) in [6.07, 6.45) is 0.962. The van der Waals surface area contributed by atoms with E-state index >= 15 is 0 Å². The molecule has 0 bridgehead atoms. The molecule has 2 amide bonds. The van der Waals surface area contributed by atoms with Crippen LogP contribution >= 0.6 is 0 Å². The summed E-state index contributed by atoms with van der Waals surface area (Å²) in [5, 5.41) is 6.85. The Morgan fingerprint density at radius 2 is 2.18 bits per heavy atom. The van der Waals surface area contributed by atoms with Crippen LogP contribution in [0.5, 0.6) is 0 Å². The van der Waals surface area contributed by atoms with Crippen molar-refractivity contribution in [2.45, 2.75) is 39.3 Å². The lowest BCUT2D eigenvalue weighted by Crippen LogP contribution is -2.37. The van der Waals surface area contributed by atoms with Crippen molar-refractivity contribution in [2.24, 2.45) is 5.92 Å². The van der Waals surface area contributed by atoms with Gasteiger partial charge in [-0.1, -0.05) is 36.3 Å². The van der Waals surface area contributed by atoms with Crippen LogP contribution in [-0.2, 0) is 27.3 Å². The molecule has 1 N–H and O–H groups in total. The molecule has 0 saturated carbocycles. The molecule has 1 aromatic heterocycles. The van der Waals surface area contributed by atoms with Crippen LogP contribution in [-0.4, -0.2) is 42.1 Å². The van der Waals surface area contributed by atoms with E-state index in [1.54, 1.807) is 12.0 Å². The van der Waals surface area contributed by atoms with Gasteiger partial charge in [0.25, 0.3) is 0 Å². The molecule has 2 aromatic rings. The van der Waals surface area contributed by atoms with E-state index in [1.165, 1.54) is 0 Å². The molecule has 2 heterocycles. The van der Waals surface area contributed by atoms with E-state index in [4.69, 9.17) is 9.26 Å². The van der Waals surface area contributed by atoms with Crippen molar-refractivity contribution >= 4 is 11.8 Å². The summed E-state index contributed by atoms with van der Waals surface area (Å²) in [6.45, 7) is 5.14. The van der Waals surface area contributed by atoms with Crippen molar-refractivity contribution < 1.29 is 18.8 Å². The Morgan fingerprint density at radius 1 is 1.39 bits per heavy atom. The summed E-state index contributed by atoms with van der Waals surface area (Å²) in [4.78, 5) is 27.4. The number of hydrogen-bond donors (Lipinski definition) is 1. The molecule has 0 unspecified atom stereocenters. The standard InChI is InChI=1S/C21H27N3O4/c1-4-15-11-16(28-23-15)13-22-21(26)18-12-19(25)24(9-10-27-3)20(18)17-8-6-5-7-14(17)2/h5-8,11,18,20H,4,9-10,12-13H2,1-3H3,(H,22,26)/t18-,20+/m1/s1. The van der Waals surface area contributed by atoms with Crippen LogP contribution in [0.2, 0.25) is 0 Å². The van der Waals surface area contributed by atoms with Gasteiger partial charge >= 0.3 is 0 Å². The fourth-order valence-electron chi connectivity index (χ4n) is 3.69. The zero-order valence-electron chi connectivity index (χ0n) is 16.6. The van der Waals surface area contributed by atoms with Gasteiger partial charge in [-0.2, -0.15) is 0 Å². The van der Waals surface area contributed by atoms with E-state index in [-0.39, 0.29) is 30.8 Å². The number of hydrogen-bond acceptors (Lipinski definition) is 5. The maximum absolute atomic E-state index is 13.0. The predicted molar refractivity (Wildman–Crippen MR) is 103 cm³/mol. The van der Waals surface area contributed by atoms with E-state index in [0.29, 0.717) is 18.9 Å². The van der Waals surface area contributed by atoms with Crippen molar-refractivity contribution in [3.8, 4) is 0 Å². The third-order valence-corrected chi connectivity index (χ3v) is 5.22. The zero-order chi connectivity index (χ0) is 20.1. The van der Waals surface area contributed by atoms with Crippen LogP contribution < -0.4 is 5.32 Å². The second-order valence-corrected chi connectivity index (χ2v) is 7.05. The average Bonchev–Trinajstić information content (AvgIpc) is 3.29. The molecule has 150 valence electrons. The van der Waals surface area contributed by atoms with Crippen LogP contribution in [0.15, 0.2) is 34.9 Å². The third-order valence-electron chi connectivity index (χ3n) is 5.22. The lowest BCUT2D eigenvalue weighted by Gasteiger charge is -2.29. The molecule has 1 aliphatic rings. The van der Waals surface area contributed by atoms with Crippen molar-refractivity contribution in [1.29, 1.82) is 0 Å². The number of carbonyl (C=O) groups excluding carboxylic acids is 2. The van der Waals surface area contributed by atoms with Crippen LogP contribution in [0, 0.1) is 12.8 Å². The topological polar surface area (TPSA) is 84.7 Å². The number of nitrogens with zero attached hydrogens (tertiary/aromatic N) is 2. The summed E-state index contributed by atoms with van der Waals surface area (Å²) in [7, 11) is 1.61. The molecule has 1 fully saturated rings. The highest BCUT2D eigenvalue weighted by Crippen LogP contribution is 2.39. The van der Waals surface area contributed by atoms with Gasteiger partial charge in [0.15, 0.2) is 5.76 Å². The van der Waals surface area contributed by atoms with Gasteiger partial charge in [-0.3, -0.25) is 9.59 Å². The normalized spacial score (nSPS) is 19.2. The van der Waals surface area contributed by atoms with Gasteiger partial charge in [-0.15, -0.1) is 0 Å². The molecule has 1 saturated heterocycles. The van der Waals surface area contributed by atoms with E-state index in [0.717, 1.165) is 23.2 Å². The number of carbonyl (C=O) groups is 2. The minimum atomic E-state index is -0.459. The molecule has 2 atom stereocenters. The van der Waals surface area contributed by atoms with Gasteiger partial charge < -0.3 is 19.5 Å². The van der Waals surface area contributed by atoms with Crippen molar-refractivity contribution in [1.82, 2.24) is 15.4 Å². The summed E-state index contributed by atoms with van der Waals surface area (Å²) in [5.74, 6) is -0.0356. The first kappa shape index (κ1) is 20.1. The van der Waals surface area contributed by atoms with Gasteiger partial charge in [0.1, 0.15) is 0 Å². The summed E-state index contributed by atoms with van der Waals surface area (Å²) in [5.41, 5.74) is 2.91. The van der Waals surface area contributed by atoms with Crippen LogP contribution in [0.4, 0.5) is 0 Å². The smallest absolute Gasteiger partial charge is 0.226 e. The lowest BCUT2D eigenvalue weighted by molar-refractivity contribution is -0.129. The van der Waals surface area contributed by atoms with Crippen molar-refractivity contribution in [2.75, 3.05) is 20.3 Å². The summed E-state index contributed by atoms with van der Waals surface area (Å²) in [6, 6.07) is 9.42. The monoisotopic (exact) mass is 385 g/mol. The SMILES string of the molecule is CCc1cc(CNC(=O)[C@@H]2CC(=O)N(CCOC)[C@H]2c2ccccc2C)on1. The third kappa shape index (κ3) is 4.25. The Bertz CT molecular complexity index is 833. The van der Waals surface area contributed by atoms with Gasteiger partial charge in [0.05, 0.1) is 30.8 Å². The molecule has 28 heavy (non-hydrogen) atoms. The minimum absolute atomic E-state index is 0.0293. The molecular weight excluding hydrogens is 358 g/mol. The molecule has 0 spiro atoms. The first-order valence-electron chi connectivity index (χ1n) is 9.61. The first-order chi connectivity index (χ1) is 13.5. The van der Waals surface area contributed by atoms with Crippen LogP contribution in [0.3, 0.4) is 0 Å².